The van der Waals surface area contributed by atoms with Crippen molar-refractivity contribution in [1.29, 1.82) is 0 Å². The van der Waals surface area contributed by atoms with Gasteiger partial charge in [-0.1, -0.05) is 6.92 Å². The molecule has 20 heavy (non-hydrogen) atoms. The first-order valence-electron chi connectivity index (χ1n) is 7.47. The summed E-state index contributed by atoms with van der Waals surface area (Å²) in [5.74, 6) is -0.950. The van der Waals surface area contributed by atoms with Crippen molar-refractivity contribution < 1.29 is 19.4 Å². The van der Waals surface area contributed by atoms with Crippen LogP contribution in [0.2, 0.25) is 0 Å². The lowest BCUT2D eigenvalue weighted by Gasteiger charge is -2.28. The number of rotatable bonds is 6. The minimum atomic E-state index is -0.835. The first-order valence-corrected chi connectivity index (χ1v) is 7.47. The summed E-state index contributed by atoms with van der Waals surface area (Å²) in [5, 5.41) is 12.3. The van der Waals surface area contributed by atoms with Crippen LogP contribution in [0.25, 0.3) is 0 Å². The highest BCUT2D eigenvalue weighted by molar-refractivity contribution is 5.81. The van der Waals surface area contributed by atoms with Crippen molar-refractivity contribution in [2.45, 2.75) is 44.7 Å². The van der Waals surface area contributed by atoms with Gasteiger partial charge in [0, 0.05) is 18.6 Å². The Morgan fingerprint density at radius 1 is 1.40 bits per heavy atom. The molecule has 0 aromatic carbocycles. The Hall–Kier alpha value is -1.14. The van der Waals surface area contributed by atoms with Crippen molar-refractivity contribution in [1.82, 2.24) is 10.2 Å². The molecule has 3 atom stereocenters. The molecule has 0 aromatic heterocycles. The lowest BCUT2D eigenvalue weighted by molar-refractivity contribution is -0.141. The first kappa shape index (κ1) is 15.3. The van der Waals surface area contributed by atoms with Crippen LogP contribution in [-0.2, 0) is 14.3 Å². The summed E-state index contributed by atoms with van der Waals surface area (Å²) in [6.07, 6.45) is 2.75. The summed E-state index contributed by atoms with van der Waals surface area (Å²) in [6, 6.07) is -0.0825. The van der Waals surface area contributed by atoms with Crippen LogP contribution in [0.5, 0.6) is 0 Å². The lowest BCUT2D eigenvalue weighted by Crippen LogP contribution is -2.47. The van der Waals surface area contributed by atoms with Gasteiger partial charge in [-0.15, -0.1) is 0 Å². The molecular formula is C14H24N2O4. The van der Waals surface area contributed by atoms with E-state index in [9.17, 15) is 9.59 Å². The van der Waals surface area contributed by atoms with E-state index in [2.05, 4.69) is 12.2 Å². The van der Waals surface area contributed by atoms with Crippen molar-refractivity contribution in [3.8, 4) is 0 Å². The van der Waals surface area contributed by atoms with Gasteiger partial charge < -0.3 is 20.1 Å². The highest BCUT2D eigenvalue weighted by Gasteiger charge is 2.40. The zero-order valence-corrected chi connectivity index (χ0v) is 12.0. The van der Waals surface area contributed by atoms with Gasteiger partial charge in [0.1, 0.15) is 0 Å². The molecule has 2 fully saturated rings. The van der Waals surface area contributed by atoms with E-state index >= 15 is 0 Å². The Kier molecular flexibility index (Phi) is 5.37. The number of nitrogens with zero attached hydrogens (tertiary/aromatic N) is 1. The van der Waals surface area contributed by atoms with E-state index in [0.29, 0.717) is 19.8 Å². The van der Waals surface area contributed by atoms with Crippen LogP contribution in [0, 0.1) is 5.92 Å². The SMILES string of the molecule is CCCNC1COCC1C(=O)N1CCCC1CC(=O)O. The van der Waals surface area contributed by atoms with E-state index in [0.717, 1.165) is 25.8 Å². The van der Waals surface area contributed by atoms with Crippen molar-refractivity contribution >= 4 is 11.9 Å². The van der Waals surface area contributed by atoms with Gasteiger partial charge in [0.25, 0.3) is 0 Å². The number of likely N-dealkylation sites (tertiary alicyclic amines) is 1. The van der Waals surface area contributed by atoms with Crippen LogP contribution in [0.1, 0.15) is 32.6 Å². The van der Waals surface area contributed by atoms with Gasteiger partial charge >= 0.3 is 5.97 Å². The topological polar surface area (TPSA) is 78.9 Å². The third-order valence-corrected chi connectivity index (χ3v) is 4.12. The van der Waals surface area contributed by atoms with Gasteiger partial charge in [0.15, 0.2) is 0 Å². The van der Waals surface area contributed by atoms with Crippen LogP contribution >= 0.6 is 0 Å². The molecule has 2 aliphatic rings. The molecule has 114 valence electrons. The van der Waals surface area contributed by atoms with E-state index in [4.69, 9.17) is 9.84 Å². The maximum atomic E-state index is 12.6. The highest BCUT2D eigenvalue weighted by Crippen LogP contribution is 2.25. The van der Waals surface area contributed by atoms with Crippen molar-refractivity contribution in [3.63, 3.8) is 0 Å². The molecule has 0 radical (unpaired) electrons. The van der Waals surface area contributed by atoms with E-state index in [1.165, 1.54) is 0 Å². The molecule has 0 aliphatic carbocycles. The Morgan fingerprint density at radius 3 is 2.90 bits per heavy atom. The van der Waals surface area contributed by atoms with E-state index in [1.807, 2.05) is 0 Å². The van der Waals surface area contributed by atoms with Crippen LogP contribution in [0.4, 0.5) is 0 Å². The summed E-state index contributed by atoms with van der Waals surface area (Å²) in [4.78, 5) is 25.3. The monoisotopic (exact) mass is 284 g/mol. The predicted molar refractivity (Wildman–Crippen MR) is 73.4 cm³/mol. The second kappa shape index (κ2) is 7.04. The summed E-state index contributed by atoms with van der Waals surface area (Å²) in [5.41, 5.74) is 0. The molecule has 2 N–H and O–H groups in total. The Balaban J connectivity index is 1.96. The number of hydrogen-bond acceptors (Lipinski definition) is 4. The van der Waals surface area contributed by atoms with Crippen LogP contribution < -0.4 is 5.32 Å². The van der Waals surface area contributed by atoms with Crippen LogP contribution in [-0.4, -0.2) is 60.3 Å². The largest absolute Gasteiger partial charge is 0.481 e. The second-order valence-corrected chi connectivity index (χ2v) is 5.63. The van der Waals surface area contributed by atoms with Gasteiger partial charge in [0.2, 0.25) is 5.91 Å². The van der Waals surface area contributed by atoms with E-state index < -0.39 is 5.97 Å². The summed E-state index contributed by atoms with van der Waals surface area (Å²) >= 11 is 0. The standard InChI is InChI=1S/C14H24N2O4/c1-2-5-15-12-9-20-8-11(12)14(19)16-6-3-4-10(16)7-13(17)18/h10-12,15H,2-9H2,1H3,(H,17,18). The summed E-state index contributed by atoms with van der Waals surface area (Å²) < 4.78 is 5.44. The molecule has 3 unspecified atom stereocenters. The molecule has 2 rings (SSSR count). The molecule has 2 heterocycles. The number of carboxylic acids is 1. The number of carboxylic acid groups (broad SMARTS) is 1. The minimum Gasteiger partial charge on any atom is -0.481 e. The number of carbonyl (C=O) groups is 2. The third-order valence-electron chi connectivity index (χ3n) is 4.12. The Labute approximate surface area is 119 Å². The first-order chi connectivity index (χ1) is 9.63. The molecule has 0 spiro atoms. The van der Waals surface area contributed by atoms with Crippen LogP contribution in [0.15, 0.2) is 0 Å². The highest BCUT2D eigenvalue weighted by atomic mass is 16.5. The second-order valence-electron chi connectivity index (χ2n) is 5.63. The molecule has 6 nitrogen and oxygen atoms in total. The fourth-order valence-corrected chi connectivity index (χ4v) is 3.08. The maximum absolute atomic E-state index is 12.6. The molecule has 2 aliphatic heterocycles. The zero-order chi connectivity index (χ0) is 14.5. The lowest BCUT2D eigenvalue weighted by atomic mass is 10.0. The van der Waals surface area contributed by atoms with Crippen LogP contribution in [0.3, 0.4) is 0 Å². The Morgan fingerprint density at radius 2 is 2.20 bits per heavy atom. The normalized spacial score (nSPS) is 29.9. The number of amides is 1. The number of aliphatic carboxylic acids is 1. The third kappa shape index (κ3) is 3.49. The Bertz CT molecular complexity index is 361. The molecule has 1 amide bonds. The van der Waals surface area contributed by atoms with Gasteiger partial charge in [-0.2, -0.15) is 0 Å². The number of carbonyl (C=O) groups excluding carboxylic acids is 1. The fraction of sp³-hybridized carbons (Fsp3) is 0.857. The summed E-state index contributed by atoms with van der Waals surface area (Å²) in [7, 11) is 0. The zero-order valence-electron chi connectivity index (χ0n) is 12.0. The van der Waals surface area contributed by atoms with E-state index in [1.54, 1.807) is 4.90 Å². The number of ether oxygens (including phenoxy) is 1. The summed E-state index contributed by atoms with van der Waals surface area (Å²) in [6.45, 7) is 4.64. The minimum absolute atomic E-state index is 0.0480. The van der Waals surface area contributed by atoms with Gasteiger partial charge in [0.05, 0.1) is 25.6 Å². The number of hydrogen-bond donors (Lipinski definition) is 2. The average Bonchev–Trinajstić information content (AvgIpc) is 3.03. The van der Waals surface area contributed by atoms with Gasteiger partial charge in [-0.3, -0.25) is 9.59 Å². The molecule has 0 saturated carbocycles. The van der Waals surface area contributed by atoms with Crippen molar-refractivity contribution in [2.75, 3.05) is 26.3 Å². The predicted octanol–water partition coefficient (Wildman–Crippen LogP) is 0.467. The van der Waals surface area contributed by atoms with Crippen molar-refractivity contribution in [2.24, 2.45) is 5.92 Å². The maximum Gasteiger partial charge on any atom is 0.305 e. The fourth-order valence-electron chi connectivity index (χ4n) is 3.08. The molecule has 2 saturated heterocycles. The van der Waals surface area contributed by atoms with E-state index in [-0.39, 0.29) is 30.3 Å². The molecular weight excluding hydrogens is 260 g/mol. The van der Waals surface area contributed by atoms with Gasteiger partial charge in [-0.25, -0.2) is 0 Å². The molecule has 6 heteroatoms. The number of nitrogens with one attached hydrogen (secondary N) is 1. The smallest absolute Gasteiger partial charge is 0.305 e. The molecule has 0 aromatic rings. The molecule has 0 bridgehead atoms. The average molecular weight is 284 g/mol. The quantitative estimate of drug-likeness (QED) is 0.741. The van der Waals surface area contributed by atoms with Gasteiger partial charge in [-0.05, 0) is 25.8 Å². The van der Waals surface area contributed by atoms with Crippen molar-refractivity contribution in [3.05, 3.63) is 0 Å².